The molecule has 1 nitrogen and oxygen atoms in total. The lowest BCUT2D eigenvalue weighted by atomic mass is 9.87. The molecule has 0 N–H and O–H groups in total. The zero-order chi connectivity index (χ0) is 21.3. The second kappa shape index (κ2) is 7.99. The third-order valence-corrected chi connectivity index (χ3v) is 5.77. The average molecular weight is 394 g/mol. The van der Waals surface area contributed by atoms with Crippen LogP contribution in [-0.4, -0.2) is 6.04 Å². The lowest BCUT2D eigenvalue weighted by molar-refractivity contribution is 0.590. The fraction of sp³-hybridized carbons (Fsp3) is 0.241. The van der Waals surface area contributed by atoms with Gasteiger partial charge in [-0.05, 0) is 59.4 Å². The van der Waals surface area contributed by atoms with Gasteiger partial charge in [-0.2, -0.15) is 0 Å². The van der Waals surface area contributed by atoms with Crippen molar-refractivity contribution in [3.8, 4) is 11.1 Å². The summed E-state index contributed by atoms with van der Waals surface area (Å²) < 4.78 is 0. The molecule has 0 aromatic heterocycles. The minimum Gasteiger partial charge on any atom is -0.338 e. The SMILES string of the molecule is CC(C)N(c1ccc(C(C)(C)C)cc1)c1ccccc1-c1cccc2ccccc12. The maximum atomic E-state index is 2.45. The quantitative estimate of drug-likeness (QED) is 0.337. The van der Waals surface area contributed by atoms with Gasteiger partial charge >= 0.3 is 0 Å². The molecule has 4 rings (SSSR count). The van der Waals surface area contributed by atoms with Gasteiger partial charge in [-0.1, -0.05) is 93.6 Å². The van der Waals surface area contributed by atoms with E-state index in [1.807, 2.05) is 0 Å². The Labute approximate surface area is 181 Å². The van der Waals surface area contributed by atoms with Crippen molar-refractivity contribution in [3.63, 3.8) is 0 Å². The van der Waals surface area contributed by atoms with E-state index in [9.17, 15) is 0 Å². The van der Waals surface area contributed by atoms with Crippen molar-refractivity contribution >= 4 is 22.1 Å². The Kier molecular flexibility index (Phi) is 5.39. The van der Waals surface area contributed by atoms with Crippen LogP contribution < -0.4 is 4.90 Å². The Bertz CT molecular complexity index is 1140. The summed E-state index contributed by atoms with van der Waals surface area (Å²) in [6, 6.07) is 33.4. The fourth-order valence-corrected chi connectivity index (χ4v) is 4.21. The van der Waals surface area contributed by atoms with Crippen molar-refractivity contribution in [2.24, 2.45) is 0 Å². The molecule has 0 radical (unpaired) electrons. The second-order valence-electron chi connectivity index (χ2n) is 9.30. The Morgan fingerprint density at radius 3 is 1.93 bits per heavy atom. The monoisotopic (exact) mass is 393 g/mol. The number of para-hydroxylation sites is 1. The largest absolute Gasteiger partial charge is 0.338 e. The fourth-order valence-electron chi connectivity index (χ4n) is 4.21. The van der Waals surface area contributed by atoms with Crippen molar-refractivity contribution in [2.75, 3.05) is 4.90 Å². The molecule has 4 aromatic carbocycles. The number of hydrogen-bond donors (Lipinski definition) is 0. The zero-order valence-corrected chi connectivity index (χ0v) is 18.7. The Morgan fingerprint density at radius 2 is 1.23 bits per heavy atom. The van der Waals surface area contributed by atoms with Gasteiger partial charge in [0.25, 0.3) is 0 Å². The molecule has 4 aromatic rings. The topological polar surface area (TPSA) is 3.24 Å². The molecular weight excluding hydrogens is 362 g/mol. The summed E-state index contributed by atoms with van der Waals surface area (Å²) >= 11 is 0. The van der Waals surface area contributed by atoms with Crippen molar-refractivity contribution in [2.45, 2.75) is 46.1 Å². The molecular formula is C29H31N. The van der Waals surface area contributed by atoms with Crippen LogP contribution in [0.15, 0.2) is 91.0 Å². The summed E-state index contributed by atoms with van der Waals surface area (Å²) in [6.07, 6.45) is 0. The molecule has 0 aliphatic heterocycles. The maximum Gasteiger partial charge on any atom is 0.0493 e. The molecule has 152 valence electrons. The van der Waals surface area contributed by atoms with Gasteiger partial charge in [-0.3, -0.25) is 0 Å². The van der Waals surface area contributed by atoms with Crippen molar-refractivity contribution in [3.05, 3.63) is 96.6 Å². The molecule has 0 unspecified atom stereocenters. The first kappa shape index (κ1) is 20.2. The van der Waals surface area contributed by atoms with Gasteiger partial charge in [-0.15, -0.1) is 0 Å². The molecule has 0 aliphatic rings. The average Bonchev–Trinajstić information content (AvgIpc) is 2.73. The van der Waals surface area contributed by atoms with Crippen LogP contribution in [0.2, 0.25) is 0 Å². The second-order valence-corrected chi connectivity index (χ2v) is 9.30. The summed E-state index contributed by atoms with van der Waals surface area (Å²) in [4.78, 5) is 2.45. The Balaban J connectivity index is 1.87. The number of fused-ring (bicyclic) bond motifs is 1. The van der Waals surface area contributed by atoms with Gasteiger partial charge in [0.1, 0.15) is 0 Å². The summed E-state index contributed by atoms with van der Waals surface area (Å²) in [7, 11) is 0. The minimum absolute atomic E-state index is 0.155. The summed E-state index contributed by atoms with van der Waals surface area (Å²) in [5, 5.41) is 2.56. The maximum absolute atomic E-state index is 2.45. The van der Waals surface area contributed by atoms with E-state index < -0.39 is 0 Å². The number of benzene rings is 4. The smallest absolute Gasteiger partial charge is 0.0493 e. The molecule has 30 heavy (non-hydrogen) atoms. The Hall–Kier alpha value is -3.06. The van der Waals surface area contributed by atoms with Gasteiger partial charge < -0.3 is 4.90 Å². The highest BCUT2D eigenvalue weighted by Crippen LogP contribution is 2.39. The van der Waals surface area contributed by atoms with Crippen LogP contribution in [0.3, 0.4) is 0 Å². The Morgan fingerprint density at radius 1 is 0.633 bits per heavy atom. The molecule has 0 saturated carbocycles. The van der Waals surface area contributed by atoms with E-state index in [2.05, 4.69) is 131 Å². The highest BCUT2D eigenvalue weighted by atomic mass is 15.2. The first-order valence-corrected chi connectivity index (χ1v) is 10.8. The third-order valence-electron chi connectivity index (χ3n) is 5.77. The van der Waals surface area contributed by atoms with Crippen LogP contribution in [0, 0.1) is 0 Å². The highest BCUT2D eigenvalue weighted by molar-refractivity contribution is 6.00. The minimum atomic E-state index is 0.155. The molecule has 0 spiro atoms. The lowest BCUT2D eigenvalue weighted by Crippen LogP contribution is -2.26. The van der Waals surface area contributed by atoms with Gasteiger partial charge in [0.15, 0.2) is 0 Å². The summed E-state index contributed by atoms with van der Waals surface area (Å²) in [6.45, 7) is 11.3. The van der Waals surface area contributed by atoms with Gasteiger partial charge in [-0.25, -0.2) is 0 Å². The van der Waals surface area contributed by atoms with E-state index in [0.717, 1.165) is 0 Å². The molecule has 0 saturated heterocycles. The van der Waals surface area contributed by atoms with E-state index in [1.165, 1.54) is 38.8 Å². The summed E-state index contributed by atoms with van der Waals surface area (Å²) in [5.41, 5.74) is 6.53. The molecule has 1 heteroatoms. The normalized spacial score (nSPS) is 11.8. The predicted molar refractivity (Wildman–Crippen MR) is 132 cm³/mol. The standard InChI is InChI=1S/C29H31N/c1-21(2)30(24-19-17-23(18-20-24)29(3,4)5)28-16-9-8-14-27(28)26-15-10-12-22-11-6-7-13-25(22)26/h6-21H,1-5H3. The van der Waals surface area contributed by atoms with Crippen molar-refractivity contribution < 1.29 is 0 Å². The van der Waals surface area contributed by atoms with Crippen LogP contribution in [0.5, 0.6) is 0 Å². The zero-order valence-electron chi connectivity index (χ0n) is 18.7. The summed E-state index contributed by atoms with van der Waals surface area (Å²) in [5.74, 6) is 0. The number of rotatable bonds is 4. The van der Waals surface area contributed by atoms with Crippen LogP contribution >= 0.6 is 0 Å². The van der Waals surface area contributed by atoms with Crippen molar-refractivity contribution in [1.29, 1.82) is 0 Å². The highest BCUT2D eigenvalue weighted by Gasteiger charge is 2.19. The van der Waals surface area contributed by atoms with Crippen LogP contribution in [0.25, 0.3) is 21.9 Å². The first-order chi connectivity index (χ1) is 14.4. The van der Waals surface area contributed by atoms with Crippen LogP contribution in [-0.2, 0) is 5.41 Å². The van der Waals surface area contributed by atoms with Gasteiger partial charge in [0.2, 0.25) is 0 Å². The first-order valence-electron chi connectivity index (χ1n) is 10.8. The molecule has 0 atom stereocenters. The molecule has 0 aliphatic carbocycles. The molecule has 0 fully saturated rings. The number of hydrogen-bond acceptors (Lipinski definition) is 1. The predicted octanol–water partition coefficient (Wildman–Crippen LogP) is 8.35. The number of anilines is 2. The van der Waals surface area contributed by atoms with E-state index in [0.29, 0.717) is 6.04 Å². The van der Waals surface area contributed by atoms with Crippen molar-refractivity contribution in [1.82, 2.24) is 0 Å². The number of nitrogens with zero attached hydrogens (tertiary/aromatic N) is 1. The molecule has 0 bridgehead atoms. The van der Waals surface area contributed by atoms with E-state index in [1.54, 1.807) is 0 Å². The molecule has 0 amide bonds. The van der Waals surface area contributed by atoms with E-state index in [-0.39, 0.29) is 5.41 Å². The van der Waals surface area contributed by atoms with E-state index in [4.69, 9.17) is 0 Å². The van der Waals surface area contributed by atoms with E-state index >= 15 is 0 Å². The third kappa shape index (κ3) is 3.85. The lowest BCUT2D eigenvalue weighted by Gasteiger charge is -2.32. The molecule has 0 heterocycles. The van der Waals surface area contributed by atoms with Gasteiger partial charge in [0.05, 0.1) is 0 Å². The van der Waals surface area contributed by atoms with Crippen LogP contribution in [0.4, 0.5) is 11.4 Å². The van der Waals surface area contributed by atoms with Crippen LogP contribution in [0.1, 0.15) is 40.2 Å². The van der Waals surface area contributed by atoms with Gasteiger partial charge in [0, 0.05) is 23.0 Å².